The van der Waals surface area contributed by atoms with Gasteiger partial charge in [-0.1, -0.05) is 17.7 Å². The molecule has 0 bridgehead atoms. The number of benzene rings is 1. The lowest BCUT2D eigenvalue weighted by Gasteiger charge is -2.33. The van der Waals surface area contributed by atoms with Crippen LogP contribution in [0.4, 0.5) is 11.5 Å². The highest BCUT2D eigenvalue weighted by molar-refractivity contribution is 7.92. The third-order valence-electron chi connectivity index (χ3n) is 3.69. The van der Waals surface area contributed by atoms with Crippen LogP contribution in [-0.2, 0) is 20.4 Å². The lowest BCUT2D eigenvalue weighted by Crippen LogP contribution is -2.35. The molecular weight excluding hydrogens is 346 g/mol. The molecule has 24 heavy (non-hydrogen) atoms. The van der Waals surface area contributed by atoms with Crippen LogP contribution < -0.4 is 10.0 Å². The summed E-state index contributed by atoms with van der Waals surface area (Å²) in [6.45, 7) is 5.59. The van der Waals surface area contributed by atoms with Crippen LogP contribution in [0.15, 0.2) is 41.4 Å². The molecule has 0 saturated carbocycles. The topological polar surface area (TPSA) is 80.3 Å². The van der Waals surface area contributed by atoms with E-state index in [1.807, 2.05) is 20.8 Å². The van der Waals surface area contributed by atoms with E-state index in [0.717, 1.165) is 11.1 Å². The number of hydrogen-bond acceptors (Lipinski definition) is 5. The molecule has 0 radical (unpaired) electrons. The summed E-state index contributed by atoms with van der Waals surface area (Å²) >= 11 is 5.04. The monoisotopic (exact) mass is 363 g/mol. The molecule has 2 aromatic rings. The summed E-state index contributed by atoms with van der Waals surface area (Å²) in [5, 5.41) is 3.11. The number of nitrogens with zero attached hydrogens (tertiary/aromatic N) is 1. The molecule has 0 atom stereocenters. The van der Waals surface area contributed by atoms with Crippen LogP contribution in [0.25, 0.3) is 0 Å². The van der Waals surface area contributed by atoms with Crippen LogP contribution in [0.1, 0.15) is 25.0 Å². The average Bonchev–Trinajstić information content (AvgIpc) is 2.47. The zero-order valence-corrected chi connectivity index (χ0v) is 15.1. The Bertz CT molecular complexity index is 907. The van der Waals surface area contributed by atoms with Crippen molar-refractivity contribution in [3.05, 3.63) is 47.7 Å². The fourth-order valence-corrected chi connectivity index (χ4v) is 3.76. The average molecular weight is 363 g/mol. The van der Waals surface area contributed by atoms with E-state index in [0.29, 0.717) is 11.5 Å². The van der Waals surface area contributed by atoms with Crippen LogP contribution in [0.5, 0.6) is 0 Å². The molecule has 2 N–H and O–H groups in total. The van der Waals surface area contributed by atoms with E-state index in [1.165, 1.54) is 6.20 Å². The summed E-state index contributed by atoms with van der Waals surface area (Å²) in [6.07, 6.45) is 1.45. The quantitative estimate of drug-likeness (QED) is 0.816. The smallest absolute Gasteiger partial charge is 0.263 e. The normalized spacial score (nSPS) is 15.9. The van der Waals surface area contributed by atoms with E-state index < -0.39 is 15.6 Å². The number of pyridine rings is 1. The number of sulfonamides is 1. The summed E-state index contributed by atoms with van der Waals surface area (Å²) < 4.78 is 33.1. The number of ether oxygens (including phenoxy) is 1. The molecule has 1 aromatic heterocycles. The fourth-order valence-electron chi connectivity index (χ4n) is 2.42. The minimum absolute atomic E-state index is 0.195. The number of thiocarbonyl (C=S) groups is 1. The summed E-state index contributed by atoms with van der Waals surface area (Å²) in [5.41, 5.74) is 1.38. The first-order chi connectivity index (χ1) is 11.2. The van der Waals surface area contributed by atoms with E-state index in [4.69, 9.17) is 17.0 Å². The van der Waals surface area contributed by atoms with Gasteiger partial charge in [0.1, 0.15) is 11.4 Å². The number of aryl methyl sites for hydroxylation is 1. The van der Waals surface area contributed by atoms with Crippen molar-refractivity contribution in [1.82, 2.24) is 4.98 Å². The van der Waals surface area contributed by atoms with E-state index in [9.17, 15) is 8.42 Å². The Morgan fingerprint density at radius 1 is 1.25 bits per heavy atom. The van der Waals surface area contributed by atoms with Gasteiger partial charge in [-0.05, 0) is 51.2 Å². The maximum atomic E-state index is 12.5. The molecule has 1 aliphatic heterocycles. The Kier molecular flexibility index (Phi) is 3.97. The number of fused-ring (bicyclic) bond motifs is 1. The van der Waals surface area contributed by atoms with E-state index in [2.05, 4.69) is 15.0 Å². The van der Waals surface area contributed by atoms with Crippen LogP contribution in [0, 0.1) is 6.92 Å². The second kappa shape index (κ2) is 5.71. The standard InChI is InChI=1S/C16H17N3O3S2/c1-10-4-6-12(7-5-10)24(20,21)19-11-8-13-14(17-9-11)18-15(23)22-16(13,2)3/h4-9,19H,1-3H3,(H,17,18,23). The second-order valence-corrected chi connectivity index (χ2v) is 8.12. The predicted molar refractivity (Wildman–Crippen MR) is 96.6 cm³/mol. The minimum Gasteiger partial charge on any atom is -0.460 e. The molecular formula is C16H17N3O3S2. The van der Waals surface area contributed by atoms with Gasteiger partial charge in [-0.25, -0.2) is 13.4 Å². The Hall–Kier alpha value is -2.19. The molecule has 0 saturated heterocycles. The molecule has 3 rings (SSSR count). The lowest BCUT2D eigenvalue weighted by atomic mass is 9.97. The molecule has 2 heterocycles. The van der Waals surface area contributed by atoms with Crippen molar-refractivity contribution in [3.63, 3.8) is 0 Å². The van der Waals surface area contributed by atoms with Crippen molar-refractivity contribution in [1.29, 1.82) is 0 Å². The lowest BCUT2D eigenvalue weighted by molar-refractivity contribution is 0.0942. The minimum atomic E-state index is -3.68. The molecule has 1 aliphatic rings. The van der Waals surface area contributed by atoms with Crippen LogP contribution in [0.3, 0.4) is 0 Å². The van der Waals surface area contributed by atoms with Crippen molar-refractivity contribution < 1.29 is 13.2 Å². The van der Waals surface area contributed by atoms with Crippen LogP contribution in [-0.4, -0.2) is 18.6 Å². The van der Waals surface area contributed by atoms with Crippen molar-refractivity contribution in [2.75, 3.05) is 10.0 Å². The van der Waals surface area contributed by atoms with Gasteiger partial charge in [0, 0.05) is 5.56 Å². The van der Waals surface area contributed by atoms with Gasteiger partial charge in [0.05, 0.1) is 16.8 Å². The number of hydrogen-bond donors (Lipinski definition) is 2. The number of nitrogens with one attached hydrogen (secondary N) is 2. The molecule has 0 fully saturated rings. The van der Waals surface area contributed by atoms with Gasteiger partial charge in [0.15, 0.2) is 0 Å². The molecule has 0 unspecified atom stereocenters. The molecule has 6 nitrogen and oxygen atoms in total. The van der Waals surface area contributed by atoms with Crippen molar-refractivity contribution in [3.8, 4) is 0 Å². The maximum absolute atomic E-state index is 12.5. The molecule has 8 heteroatoms. The Labute approximate surface area is 146 Å². The zero-order valence-electron chi connectivity index (χ0n) is 13.5. The number of aromatic nitrogens is 1. The number of rotatable bonds is 3. The molecule has 126 valence electrons. The maximum Gasteiger partial charge on any atom is 0.263 e. The van der Waals surface area contributed by atoms with Gasteiger partial charge in [-0.3, -0.25) is 4.72 Å². The first kappa shape index (κ1) is 16.7. The second-order valence-electron chi connectivity index (χ2n) is 6.06. The first-order valence-corrected chi connectivity index (χ1v) is 9.16. The van der Waals surface area contributed by atoms with Gasteiger partial charge >= 0.3 is 0 Å². The summed E-state index contributed by atoms with van der Waals surface area (Å²) in [4.78, 5) is 4.45. The van der Waals surface area contributed by atoms with Gasteiger partial charge < -0.3 is 10.1 Å². The third-order valence-corrected chi connectivity index (χ3v) is 5.27. The molecule has 1 aromatic carbocycles. The highest BCUT2D eigenvalue weighted by atomic mass is 32.2. The van der Waals surface area contributed by atoms with Crippen molar-refractivity contribution in [2.24, 2.45) is 0 Å². The summed E-state index contributed by atoms with van der Waals surface area (Å²) in [7, 11) is -3.68. The SMILES string of the molecule is Cc1ccc(S(=O)(=O)Nc2cnc3c(c2)C(C)(C)OC(=S)N3)cc1. The van der Waals surface area contributed by atoms with E-state index in [1.54, 1.807) is 30.3 Å². The van der Waals surface area contributed by atoms with Gasteiger partial charge in [0.2, 0.25) is 0 Å². The predicted octanol–water partition coefficient (Wildman–Crippen LogP) is 3.15. The largest absolute Gasteiger partial charge is 0.460 e. The van der Waals surface area contributed by atoms with Crippen LogP contribution >= 0.6 is 12.2 Å². The Morgan fingerprint density at radius 3 is 2.58 bits per heavy atom. The fraction of sp³-hybridized carbons (Fsp3) is 0.250. The summed E-state index contributed by atoms with van der Waals surface area (Å²) in [5.74, 6) is 0.564. The van der Waals surface area contributed by atoms with E-state index >= 15 is 0 Å². The molecule has 0 amide bonds. The van der Waals surface area contributed by atoms with Gasteiger partial charge in [-0.15, -0.1) is 0 Å². The Morgan fingerprint density at radius 2 is 1.92 bits per heavy atom. The van der Waals surface area contributed by atoms with E-state index in [-0.39, 0.29) is 10.1 Å². The van der Waals surface area contributed by atoms with Crippen molar-refractivity contribution in [2.45, 2.75) is 31.3 Å². The molecule has 0 aliphatic carbocycles. The highest BCUT2D eigenvalue weighted by Gasteiger charge is 2.33. The Balaban J connectivity index is 1.94. The number of anilines is 2. The highest BCUT2D eigenvalue weighted by Crippen LogP contribution is 2.35. The summed E-state index contributed by atoms with van der Waals surface area (Å²) in [6, 6.07) is 8.33. The first-order valence-electron chi connectivity index (χ1n) is 7.27. The zero-order chi connectivity index (χ0) is 17.5. The van der Waals surface area contributed by atoms with Gasteiger partial charge in [-0.2, -0.15) is 0 Å². The molecule has 0 spiro atoms. The van der Waals surface area contributed by atoms with Crippen molar-refractivity contribution >= 4 is 38.9 Å². The third kappa shape index (κ3) is 3.20. The van der Waals surface area contributed by atoms with Crippen LogP contribution in [0.2, 0.25) is 0 Å². The van der Waals surface area contributed by atoms with Gasteiger partial charge in [0.25, 0.3) is 15.2 Å².